The molecule has 1 aliphatic rings. The van der Waals surface area contributed by atoms with Gasteiger partial charge in [0.05, 0.1) is 11.5 Å². The number of carboxylic acid groups (broad SMARTS) is 1. The molecular weight excluding hydrogens is 528 g/mol. The highest BCUT2D eigenvalue weighted by Gasteiger charge is 2.51. The fourth-order valence-electron chi connectivity index (χ4n) is 5.23. The van der Waals surface area contributed by atoms with Crippen LogP contribution in [0.1, 0.15) is 69.7 Å². The third-order valence-electron chi connectivity index (χ3n) is 7.98. The van der Waals surface area contributed by atoms with E-state index in [1.165, 1.54) is 0 Å². The van der Waals surface area contributed by atoms with Crippen molar-refractivity contribution in [3.63, 3.8) is 0 Å². The van der Waals surface area contributed by atoms with E-state index in [0.29, 0.717) is 24.9 Å². The molecule has 0 aliphatic heterocycles. The summed E-state index contributed by atoms with van der Waals surface area (Å²) in [7, 11) is 0. The third kappa shape index (κ3) is 4.59. The van der Waals surface area contributed by atoms with Gasteiger partial charge in [-0.3, -0.25) is 9.59 Å². The van der Waals surface area contributed by atoms with Crippen LogP contribution in [0.3, 0.4) is 0 Å². The van der Waals surface area contributed by atoms with E-state index in [-0.39, 0.29) is 11.9 Å². The lowest BCUT2D eigenvalue weighted by Gasteiger charge is -2.16. The number of rotatable bonds is 7. The summed E-state index contributed by atoms with van der Waals surface area (Å²) in [6.45, 7) is 8.93. The quantitative estimate of drug-likeness (QED) is 0.257. The Morgan fingerprint density at radius 2 is 1.81 bits per heavy atom. The maximum absolute atomic E-state index is 13.1. The van der Waals surface area contributed by atoms with Gasteiger partial charge in [0, 0.05) is 33.2 Å². The number of nitrogens with zero attached hydrogens (tertiary/aromatic N) is 1. The molecule has 1 atom stereocenters. The summed E-state index contributed by atoms with van der Waals surface area (Å²) < 4.78 is 3.27. The van der Waals surface area contributed by atoms with Crippen LogP contribution in [0, 0.1) is 20.8 Å². The SMILES string of the molecule is Cc1cc(C2(C(=O)O)CC2)ccc1Cn1c(C)c(C)c2cc(C(=O)NC(C)c3cccc(Br)c3)ccc21. The van der Waals surface area contributed by atoms with Gasteiger partial charge < -0.3 is 15.0 Å². The van der Waals surface area contributed by atoms with Gasteiger partial charge in [0.15, 0.2) is 0 Å². The number of carboxylic acids is 1. The minimum Gasteiger partial charge on any atom is -0.481 e. The van der Waals surface area contributed by atoms with Crippen molar-refractivity contribution >= 4 is 38.7 Å². The Morgan fingerprint density at radius 3 is 2.46 bits per heavy atom. The fourth-order valence-corrected chi connectivity index (χ4v) is 5.64. The third-order valence-corrected chi connectivity index (χ3v) is 8.47. The van der Waals surface area contributed by atoms with Gasteiger partial charge in [-0.2, -0.15) is 0 Å². The summed E-state index contributed by atoms with van der Waals surface area (Å²) in [5, 5.41) is 13.8. The Kier molecular flexibility index (Phi) is 6.48. The molecule has 190 valence electrons. The second-order valence-electron chi connectivity index (χ2n) is 10.3. The molecule has 0 saturated heterocycles. The molecule has 1 aromatic heterocycles. The van der Waals surface area contributed by atoms with Crippen molar-refractivity contribution in [1.29, 1.82) is 0 Å². The van der Waals surface area contributed by atoms with Gasteiger partial charge in [-0.05, 0) is 98.7 Å². The van der Waals surface area contributed by atoms with Crippen LogP contribution in [0.2, 0.25) is 0 Å². The van der Waals surface area contributed by atoms with Gasteiger partial charge >= 0.3 is 5.97 Å². The maximum atomic E-state index is 13.1. The number of benzene rings is 3. The predicted molar refractivity (Wildman–Crippen MR) is 150 cm³/mol. The number of halogens is 1. The Balaban J connectivity index is 1.41. The molecule has 4 aromatic rings. The zero-order valence-corrected chi connectivity index (χ0v) is 23.1. The topological polar surface area (TPSA) is 71.3 Å². The first-order valence-electron chi connectivity index (χ1n) is 12.6. The normalized spacial score (nSPS) is 14.9. The van der Waals surface area contributed by atoms with Crippen LogP contribution in [-0.4, -0.2) is 21.6 Å². The minimum absolute atomic E-state index is 0.0990. The van der Waals surface area contributed by atoms with Crippen molar-refractivity contribution in [2.45, 2.75) is 58.5 Å². The van der Waals surface area contributed by atoms with Crippen LogP contribution in [-0.2, 0) is 16.8 Å². The molecule has 6 heteroatoms. The maximum Gasteiger partial charge on any atom is 0.314 e. The first-order chi connectivity index (χ1) is 17.6. The lowest BCUT2D eigenvalue weighted by atomic mass is 9.93. The van der Waals surface area contributed by atoms with Gasteiger partial charge in [-0.1, -0.05) is 46.3 Å². The summed E-state index contributed by atoms with van der Waals surface area (Å²) in [4.78, 5) is 24.8. The Bertz CT molecular complexity index is 1550. The van der Waals surface area contributed by atoms with Crippen LogP contribution in [0.25, 0.3) is 10.9 Å². The summed E-state index contributed by atoms with van der Waals surface area (Å²) in [5.74, 6) is -0.827. The minimum atomic E-state index is -0.728. The number of aliphatic carboxylic acids is 1. The van der Waals surface area contributed by atoms with E-state index in [9.17, 15) is 14.7 Å². The molecule has 37 heavy (non-hydrogen) atoms. The van der Waals surface area contributed by atoms with E-state index < -0.39 is 11.4 Å². The van der Waals surface area contributed by atoms with Gasteiger partial charge in [-0.25, -0.2) is 0 Å². The second-order valence-corrected chi connectivity index (χ2v) is 11.2. The Hall–Kier alpha value is -3.38. The summed E-state index contributed by atoms with van der Waals surface area (Å²) >= 11 is 3.50. The first kappa shape index (κ1) is 25.3. The van der Waals surface area contributed by atoms with Gasteiger partial charge in [-0.15, -0.1) is 0 Å². The summed E-state index contributed by atoms with van der Waals surface area (Å²) in [6.07, 6.45) is 1.42. The summed E-state index contributed by atoms with van der Waals surface area (Å²) in [6, 6.07) is 19.8. The number of hydrogen-bond acceptors (Lipinski definition) is 2. The van der Waals surface area contributed by atoms with Crippen LogP contribution in [0.4, 0.5) is 0 Å². The first-order valence-corrected chi connectivity index (χ1v) is 13.4. The molecule has 1 heterocycles. The molecule has 1 amide bonds. The molecule has 5 nitrogen and oxygen atoms in total. The molecule has 2 N–H and O–H groups in total. The molecule has 0 radical (unpaired) electrons. The number of hydrogen-bond donors (Lipinski definition) is 2. The van der Waals surface area contributed by atoms with E-state index in [1.807, 2.05) is 61.5 Å². The molecule has 5 rings (SSSR count). The highest BCUT2D eigenvalue weighted by atomic mass is 79.9. The highest BCUT2D eigenvalue weighted by molar-refractivity contribution is 9.10. The second kappa shape index (κ2) is 9.49. The van der Waals surface area contributed by atoms with E-state index >= 15 is 0 Å². The Morgan fingerprint density at radius 1 is 1.05 bits per heavy atom. The molecule has 1 unspecified atom stereocenters. The van der Waals surface area contributed by atoms with Crippen LogP contribution < -0.4 is 5.32 Å². The highest BCUT2D eigenvalue weighted by Crippen LogP contribution is 2.48. The van der Waals surface area contributed by atoms with Crippen molar-refractivity contribution in [1.82, 2.24) is 9.88 Å². The zero-order chi connectivity index (χ0) is 26.5. The zero-order valence-electron chi connectivity index (χ0n) is 21.6. The van der Waals surface area contributed by atoms with Crippen molar-refractivity contribution < 1.29 is 14.7 Å². The molecular formula is C31H31BrN2O3. The Labute approximate surface area is 225 Å². The monoisotopic (exact) mass is 558 g/mol. The lowest BCUT2D eigenvalue weighted by molar-refractivity contribution is -0.140. The van der Waals surface area contributed by atoms with Gasteiger partial charge in [0.2, 0.25) is 0 Å². The van der Waals surface area contributed by atoms with Crippen molar-refractivity contribution in [2.75, 3.05) is 0 Å². The number of amides is 1. The number of aromatic nitrogens is 1. The number of fused-ring (bicyclic) bond motifs is 1. The average Bonchev–Trinajstić information content (AvgIpc) is 3.65. The number of carbonyl (C=O) groups excluding carboxylic acids is 1. The van der Waals surface area contributed by atoms with Crippen LogP contribution in [0.5, 0.6) is 0 Å². The molecule has 1 aliphatic carbocycles. The molecule has 1 saturated carbocycles. The average molecular weight is 560 g/mol. The van der Waals surface area contributed by atoms with Gasteiger partial charge in [0.1, 0.15) is 0 Å². The van der Waals surface area contributed by atoms with E-state index in [1.54, 1.807) is 0 Å². The molecule has 0 bridgehead atoms. The molecule has 0 spiro atoms. The van der Waals surface area contributed by atoms with Gasteiger partial charge in [0.25, 0.3) is 5.91 Å². The summed E-state index contributed by atoms with van der Waals surface area (Å²) in [5.41, 5.74) is 7.54. The number of nitrogens with one attached hydrogen (secondary N) is 1. The van der Waals surface area contributed by atoms with Crippen LogP contribution >= 0.6 is 15.9 Å². The van der Waals surface area contributed by atoms with E-state index in [4.69, 9.17) is 0 Å². The predicted octanol–water partition coefficient (Wildman–Crippen LogP) is 6.98. The fraction of sp³-hybridized carbons (Fsp3) is 0.290. The van der Waals surface area contributed by atoms with Crippen molar-refractivity contribution in [2.24, 2.45) is 0 Å². The largest absolute Gasteiger partial charge is 0.481 e. The molecule has 1 fully saturated rings. The van der Waals surface area contributed by atoms with Crippen LogP contribution in [0.15, 0.2) is 65.1 Å². The van der Waals surface area contributed by atoms with E-state index in [0.717, 1.165) is 48.9 Å². The van der Waals surface area contributed by atoms with Crippen molar-refractivity contribution in [3.8, 4) is 0 Å². The lowest BCUT2D eigenvalue weighted by Crippen LogP contribution is -2.26. The smallest absolute Gasteiger partial charge is 0.314 e. The number of aryl methyl sites for hydroxylation is 2. The standard InChI is InChI=1S/C31H31BrN2O3/c1-18-14-25(31(12-13-31)30(36)37)10-8-24(18)17-34-21(4)19(2)27-16-23(9-11-28(27)34)29(35)33-20(3)22-6-5-7-26(32)15-22/h5-11,14-16,20H,12-13,17H2,1-4H3,(H,33,35)(H,36,37). The number of carbonyl (C=O) groups is 2. The molecule has 3 aromatic carbocycles. The van der Waals surface area contributed by atoms with Crippen molar-refractivity contribution in [3.05, 3.63) is 104 Å². The van der Waals surface area contributed by atoms with E-state index in [2.05, 4.69) is 52.7 Å².